The van der Waals surface area contributed by atoms with Gasteiger partial charge in [0.15, 0.2) is 0 Å². The summed E-state index contributed by atoms with van der Waals surface area (Å²) in [5, 5.41) is 0. The van der Waals surface area contributed by atoms with Crippen molar-refractivity contribution in [2.75, 3.05) is 20.3 Å². The van der Waals surface area contributed by atoms with Crippen molar-refractivity contribution < 1.29 is 9.47 Å². The van der Waals surface area contributed by atoms with Crippen molar-refractivity contribution >= 4 is 0 Å². The minimum atomic E-state index is 0.335. The average Bonchev–Trinajstić information content (AvgIpc) is 2.16. The fourth-order valence-electron chi connectivity index (χ4n) is 1.84. The van der Waals surface area contributed by atoms with Crippen molar-refractivity contribution in [2.24, 2.45) is 5.92 Å². The van der Waals surface area contributed by atoms with Gasteiger partial charge in [-0.15, -0.1) is 0 Å². The van der Waals surface area contributed by atoms with E-state index in [0.29, 0.717) is 12.0 Å². The Kier molecular flexibility index (Phi) is 4.46. The molecule has 1 aliphatic rings. The predicted molar refractivity (Wildman–Crippen MR) is 53.8 cm³/mol. The molecule has 2 atom stereocenters. The first-order valence-corrected chi connectivity index (χ1v) is 5.06. The van der Waals surface area contributed by atoms with E-state index in [4.69, 9.17) is 9.47 Å². The molecule has 0 aromatic rings. The molecule has 0 saturated heterocycles. The average molecular weight is 184 g/mol. The Morgan fingerprint density at radius 2 is 2.46 bits per heavy atom. The fraction of sp³-hybridized carbons (Fsp3) is 0.818. The summed E-state index contributed by atoms with van der Waals surface area (Å²) in [6.07, 6.45) is 4.79. The van der Waals surface area contributed by atoms with Crippen molar-refractivity contribution in [3.8, 4) is 0 Å². The van der Waals surface area contributed by atoms with Crippen molar-refractivity contribution in [1.82, 2.24) is 0 Å². The molecule has 0 N–H and O–H groups in total. The van der Waals surface area contributed by atoms with Crippen LogP contribution in [0.25, 0.3) is 0 Å². The highest BCUT2D eigenvalue weighted by Crippen LogP contribution is 2.24. The van der Waals surface area contributed by atoms with Crippen molar-refractivity contribution in [1.29, 1.82) is 0 Å². The van der Waals surface area contributed by atoms with Gasteiger partial charge >= 0.3 is 0 Å². The molecule has 0 aromatic heterocycles. The van der Waals surface area contributed by atoms with Crippen LogP contribution in [0.1, 0.15) is 26.7 Å². The molecule has 0 radical (unpaired) electrons. The van der Waals surface area contributed by atoms with Gasteiger partial charge in [0, 0.05) is 13.0 Å². The standard InChI is InChI=1S/C11H20O2/c1-4-5-11(12-3)10-8-13-7-6-9(10)2/h6,10-11H,4-5,7-8H2,1-3H3. The first-order chi connectivity index (χ1) is 6.29. The minimum absolute atomic E-state index is 0.335. The van der Waals surface area contributed by atoms with E-state index in [2.05, 4.69) is 19.9 Å². The van der Waals surface area contributed by atoms with Crippen molar-refractivity contribution in [3.63, 3.8) is 0 Å². The van der Waals surface area contributed by atoms with Crippen LogP contribution in [0.3, 0.4) is 0 Å². The van der Waals surface area contributed by atoms with Gasteiger partial charge in [0.25, 0.3) is 0 Å². The number of hydrogen-bond acceptors (Lipinski definition) is 2. The molecule has 2 heteroatoms. The zero-order valence-corrected chi connectivity index (χ0v) is 8.88. The summed E-state index contributed by atoms with van der Waals surface area (Å²) in [4.78, 5) is 0. The zero-order valence-electron chi connectivity index (χ0n) is 8.88. The molecule has 0 aromatic carbocycles. The molecule has 1 aliphatic heterocycles. The lowest BCUT2D eigenvalue weighted by atomic mass is 9.91. The lowest BCUT2D eigenvalue weighted by Gasteiger charge is -2.29. The van der Waals surface area contributed by atoms with E-state index in [9.17, 15) is 0 Å². The quantitative estimate of drug-likeness (QED) is 0.625. The maximum absolute atomic E-state index is 5.48. The van der Waals surface area contributed by atoms with Gasteiger partial charge in [-0.05, 0) is 13.3 Å². The van der Waals surface area contributed by atoms with Crippen LogP contribution in [-0.4, -0.2) is 26.4 Å². The number of ether oxygens (including phenoxy) is 2. The van der Waals surface area contributed by atoms with E-state index < -0.39 is 0 Å². The highest BCUT2D eigenvalue weighted by Gasteiger charge is 2.24. The Morgan fingerprint density at radius 1 is 1.69 bits per heavy atom. The van der Waals surface area contributed by atoms with Gasteiger partial charge in [-0.2, -0.15) is 0 Å². The Morgan fingerprint density at radius 3 is 3.00 bits per heavy atom. The van der Waals surface area contributed by atoms with Crippen LogP contribution in [-0.2, 0) is 9.47 Å². The molecule has 1 heterocycles. The Labute approximate surface area is 80.9 Å². The molecular formula is C11H20O2. The third-order valence-corrected chi connectivity index (χ3v) is 2.73. The second kappa shape index (κ2) is 5.40. The van der Waals surface area contributed by atoms with Crippen molar-refractivity contribution in [2.45, 2.75) is 32.8 Å². The molecule has 0 bridgehead atoms. The summed E-state index contributed by atoms with van der Waals surface area (Å²) in [5.41, 5.74) is 1.42. The van der Waals surface area contributed by atoms with Crippen LogP contribution in [0.15, 0.2) is 11.6 Å². The lowest BCUT2D eigenvalue weighted by molar-refractivity contribution is 0.00923. The first-order valence-electron chi connectivity index (χ1n) is 5.06. The maximum atomic E-state index is 5.48. The van der Waals surface area contributed by atoms with Gasteiger partial charge in [-0.1, -0.05) is 25.0 Å². The fourth-order valence-corrected chi connectivity index (χ4v) is 1.84. The largest absolute Gasteiger partial charge is 0.381 e. The Balaban J connectivity index is 2.55. The number of methoxy groups -OCH3 is 1. The van der Waals surface area contributed by atoms with Crippen LogP contribution in [0.5, 0.6) is 0 Å². The molecule has 2 nitrogen and oxygen atoms in total. The molecule has 0 spiro atoms. The molecule has 0 saturated carbocycles. The van der Waals surface area contributed by atoms with Gasteiger partial charge < -0.3 is 9.47 Å². The smallest absolute Gasteiger partial charge is 0.0658 e. The van der Waals surface area contributed by atoms with Crippen LogP contribution < -0.4 is 0 Å². The topological polar surface area (TPSA) is 18.5 Å². The summed E-state index contributed by atoms with van der Waals surface area (Å²) in [5.74, 6) is 0.471. The van der Waals surface area contributed by atoms with E-state index in [1.165, 1.54) is 12.0 Å². The number of rotatable bonds is 4. The highest BCUT2D eigenvalue weighted by atomic mass is 16.5. The van der Waals surface area contributed by atoms with Gasteiger partial charge in [0.05, 0.1) is 19.3 Å². The van der Waals surface area contributed by atoms with Crippen LogP contribution in [0, 0.1) is 5.92 Å². The molecule has 0 fully saturated rings. The molecule has 2 unspecified atom stereocenters. The Bertz CT molecular complexity index is 175. The molecule has 0 aliphatic carbocycles. The van der Waals surface area contributed by atoms with E-state index >= 15 is 0 Å². The van der Waals surface area contributed by atoms with Crippen molar-refractivity contribution in [3.05, 3.63) is 11.6 Å². The van der Waals surface area contributed by atoms with Gasteiger partial charge in [-0.3, -0.25) is 0 Å². The normalized spacial score (nSPS) is 25.5. The Hall–Kier alpha value is -0.340. The highest BCUT2D eigenvalue weighted by molar-refractivity contribution is 5.08. The van der Waals surface area contributed by atoms with Crippen LogP contribution in [0.4, 0.5) is 0 Å². The van der Waals surface area contributed by atoms with Gasteiger partial charge in [-0.25, -0.2) is 0 Å². The predicted octanol–water partition coefficient (Wildman–Crippen LogP) is 2.39. The summed E-state index contributed by atoms with van der Waals surface area (Å²) in [7, 11) is 1.79. The van der Waals surface area contributed by atoms with E-state index in [1.54, 1.807) is 7.11 Å². The summed E-state index contributed by atoms with van der Waals surface area (Å²) >= 11 is 0. The number of hydrogen-bond donors (Lipinski definition) is 0. The zero-order chi connectivity index (χ0) is 9.68. The van der Waals surface area contributed by atoms with Crippen LogP contribution >= 0.6 is 0 Å². The lowest BCUT2D eigenvalue weighted by Crippen LogP contribution is -2.30. The van der Waals surface area contributed by atoms with Gasteiger partial charge in [0.2, 0.25) is 0 Å². The summed E-state index contributed by atoms with van der Waals surface area (Å²) < 4.78 is 10.9. The molecule has 13 heavy (non-hydrogen) atoms. The summed E-state index contributed by atoms with van der Waals surface area (Å²) in [6, 6.07) is 0. The van der Waals surface area contributed by atoms with Gasteiger partial charge in [0.1, 0.15) is 0 Å². The monoisotopic (exact) mass is 184 g/mol. The summed E-state index contributed by atoms with van der Waals surface area (Å²) in [6.45, 7) is 5.95. The third kappa shape index (κ3) is 2.82. The van der Waals surface area contributed by atoms with Crippen LogP contribution in [0.2, 0.25) is 0 Å². The molecule has 1 rings (SSSR count). The second-order valence-corrected chi connectivity index (χ2v) is 3.65. The maximum Gasteiger partial charge on any atom is 0.0658 e. The second-order valence-electron chi connectivity index (χ2n) is 3.65. The SMILES string of the molecule is CCCC(OC)C1COCC=C1C. The van der Waals surface area contributed by atoms with E-state index in [-0.39, 0.29) is 0 Å². The van der Waals surface area contributed by atoms with E-state index in [0.717, 1.165) is 19.6 Å². The molecular weight excluding hydrogens is 164 g/mol. The minimum Gasteiger partial charge on any atom is -0.381 e. The first kappa shape index (κ1) is 10.7. The third-order valence-electron chi connectivity index (χ3n) is 2.73. The van der Waals surface area contributed by atoms with E-state index in [1.807, 2.05) is 0 Å². The molecule has 0 amide bonds. The molecule has 76 valence electrons.